The van der Waals surface area contributed by atoms with Gasteiger partial charge in [0.2, 0.25) is 0 Å². The Morgan fingerprint density at radius 3 is 2.74 bits per heavy atom. The fourth-order valence-electron chi connectivity index (χ4n) is 2.43. The van der Waals surface area contributed by atoms with Gasteiger partial charge < -0.3 is 15.2 Å². The van der Waals surface area contributed by atoms with Crippen LogP contribution in [-0.4, -0.2) is 32.7 Å². The van der Waals surface area contributed by atoms with Crippen LogP contribution in [0.1, 0.15) is 23.2 Å². The number of nitrogens with two attached hydrogens (primary N) is 1. The van der Waals surface area contributed by atoms with Gasteiger partial charge in [-0.25, -0.2) is 4.39 Å². The molecule has 1 heterocycles. The van der Waals surface area contributed by atoms with Gasteiger partial charge >= 0.3 is 0 Å². The molecule has 0 unspecified atom stereocenters. The van der Waals surface area contributed by atoms with E-state index in [0.29, 0.717) is 31.8 Å². The van der Waals surface area contributed by atoms with Gasteiger partial charge in [0.05, 0.1) is 18.1 Å². The Morgan fingerprint density at radius 1 is 1.47 bits per heavy atom. The number of carbonyl (C=O) groups excluding carboxylic acids is 1. The number of ether oxygens (including phenoxy) is 2. The molecule has 1 aromatic rings. The van der Waals surface area contributed by atoms with Crippen molar-refractivity contribution >= 4 is 5.78 Å². The van der Waals surface area contributed by atoms with Crippen molar-refractivity contribution in [2.24, 2.45) is 11.1 Å². The lowest BCUT2D eigenvalue weighted by molar-refractivity contribution is 0.0198. The Bertz CT molecular complexity index is 470. The van der Waals surface area contributed by atoms with Crippen molar-refractivity contribution in [1.29, 1.82) is 0 Å². The SMILES string of the molecule is COc1ccc(F)cc1C(=O)C1(CN)CCOCC1. The zero-order chi connectivity index (χ0) is 13.9. The lowest BCUT2D eigenvalue weighted by Gasteiger charge is -2.34. The summed E-state index contributed by atoms with van der Waals surface area (Å²) in [7, 11) is 1.46. The van der Waals surface area contributed by atoms with Crippen LogP contribution >= 0.6 is 0 Å². The van der Waals surface area contributed by atoms with Crippen molar-refractivity contribution in [3.63, 3.8) is 0 Å². The van der Waals surface area contributed by atoms with E-state index in [0.717, 1.165) is 0 Å². The summed E-state index contributed by atoms with van der Waals surface area (Å²) < 4.78 is 23.8. The van der Waals surface area contributed by atoms with Gasteiger partial charge in [0.1, 0.15) is 11.6 Å². The van der Waals surface area contributed by atoms with Crippen molar-refractivity contribution in [3.8, 4) is 5.75 Å². The van der Waals surface area contributed by atoms with Gasteiger partial charge in [-0.1, -0.05) is 0 Å². The van der Waals surface area contributed by atoms with Gasteiger partial charge in [-0.15, -0.1) is 0 Å². The van der Waals surface area contributed by atoms with E-state index >= 15 is 0 Å². The third-order valence-electron chi connectivity index (χ3n) is 3.73. The maximum atomic E-state index is 13.4. The zero-order valence-corrected chi connectivity index (χ0v) is 10.9. The van der Waals surface area contributed by atoms with Crippen LogP contribution in [0.25, 0.3) is 0 Å². The second-order valence-corrected chi connectivity index (χ2v) is 4.77. The van der Waals surface area contributed by atoms with Gasteiger partial charge in [0.15, 0.2) is 5.78 Å². The Balaban J connectivity index is 2.39. The summed E-state index contributed by atoms with van der Waals surface area (Å²) in [5.41, 5.74) is 5.39. The highest BCUT2D eigenvalue weighted by molar-refractivity contribution is 6.03. The Morgan fingerprint density at radius 2 is 2.16 bits per heavy atom. The molecule has 0 aromatic heterocycles. The first-order valence-corrected chi connectivity index (χ1v) is 6.29. The molecule has 1 aromatic carbocycles. The van der Waals surface area contributed by atoms with Crippen molar-refractivity contribution in [3.05, 3.63) is 29.6 Å². The highest BCUT2D eigenvalue weighted by atomic mass is 19.1. The van der Waals surface area contributed by atoms with Crippen LogP contribution in [-0.2, 0) is 4.74 Å². The number of benzene rings is 1. The van der Waals surface area contributed by atoms with Crippen LogP contribution in [0.5, 0.6) is 5.75 Å². The summed E-state index contributed by atoms with van der Waals surface area (Å²) >= 11 is 0. The predicted molar refractivity (Wildman–Crippen MR) is 68.8 cm³/mol. The molecule has 0 aliphatic carbocycles. The van der Waals surface area contributed by atoms with E-state index in [-0.39, 0.29) is 17.9 Å². The molecule has 1 aliphatic rings. The van der Waals surface area contributed by atoms with Gasteiger partial charge in [-0.05, 0) is 31.0 Å². The average Bonchev–Trinajstić information content (AvgIpc) is 2.47. The molecule has 0 saturated carbocycles. The van der Waals surface area contributed by atoms with Crippen LogP contribution < -0.4 is 10.5 Å². The molecule has 1 fully saturated rings. The van der Waals surface area contributed by atoms with Gasteiger partial charge in [0, 0.05) is 19.8 Å². The van der Waals surface area contributed by atoms with Crippen LogP contribution in [0.15, 0.2) is 18.2 Å². The van der Waals surface area contributed by atoms with Gasteiger partial charge in [-0.2, -0.15) is 0 Å². The van der Waals surface area contributed by atoms with Crippen LogP contribution in [0.4, 0.5) is 4.39 Å². The lowest BCUT2D eigenvalue weighted by Crippen LogP contribution is -2.43. The monoisotopic (exact) mass is 267 g/mol. The van der Waals surface area contributed by atoms with Gasteiger partial charge in [0.25, 0.3) is 0 Å². The maximum Gasteiger partial charge on any atom is 0.174 e. The quantitative estimate of drug-likeness (QED) is 0.845. The molecule has 19 heavy (non-hydrogen) atoms. The number of hydrogen-bond donors (Lipinski definition) is 1. The van der Waals surface area contributed by atoms with Crippen molar-refractivity contribution < 1.29 is 18.7 Å². The minimum absolute atomic E-state index is 0.158. The second-order valence-electron chi connectivity index (χ2n) is 4.77. The summed E-state index contributed by atoms with van der Waals surface area (Å²) in [6.07, 6.45) is 1.12. The first-order chi connectivity index (χ1) is 9.13. The standard InChI is InChI=1S/C14H18FNO3/c1-18-12-3-2-10(15)8-11(12)13(17)14(9-16)4-6-19-7-5-14/h2-3,8H,4-7,9,16H2,1H3. The van der Waals surface area contributed by atoms with E-state index in [4.69, 9.17) is 15.2 Å². The van der Waals surface area contributed by atoms with Crippen molar-refractivity contribution in [2.75, 3.05) is 26.9 Å². The van der Waals surface area contributed by atoms with Crippen LogP contribution in [0, 0.1) is 11.2 Å². The molecule has 0 bridgehead atoms. The third kappa shape index (κ3) is 2.62. The minimum atomic E-state index is -0.667. The molecular weight excluding hydrogens is 249 g/mol. The van der Waals surface area contributed by atoms with Crippen LogP contribution in [0.2, 0.25) is 0 Å². The highest BCUT2D eigenvalue weighted by Crippen LogP contribution is 2.36. The summed E-state index contributed by atoms with van der Waals surface area (Å²) in [4.78, 5) is 12.7. The van der Waals surface area contributed by atoms with E-state index in [1.165, 1.54) is 25.3 Å². The molecule has 1 aliphatic heterocycles. The highest BCUT2D eigenvalue weighted by Gasteiger charge is 2.40. The maximum absolute atomic E-state index is 13.4. The summed E-state index contributed by atoms with van der Waals surface area (Å²) in [6, 6.07) is 3.95. The topological polar surface area (TPSA) is 61.5 Å². The molecule has 1 saturated heterocycles. The number of ketones is 1. The summed E-state index contributed by atoms with van der Waals surface area (Å²) in [5.74, 6) is -0.233. The first-order valence-electron chi connectivity index (χ1n) is 6.29. The van der Waals surface area contributed by atoms with E-state index < -0.39 is 11.2 Å². The number of methoxy groups -OCH3 is 1. The fourth-order valence-corrected chi connectivity index (χ4v) is 2.43. The normalized spacial score (nSPS) is 18.1. The minimum Gasteiger partial charge on any atom is -0.496 e. The zero-order valence-electron chi connectivity index (χ0n) is 10.9. The van der Waals surface area contributed by atoms with Gasteiger partial charge in [-0.3, -0.25) is 4.79 Å². The Hall–Kier alpha value is -1.46. The molecular formula is C14H18FNO3. The first kappa shape index (κ1) is 14.0. The third-order valence-corrected chi connectivity index (χ3v) is 3.73. The Labute approximate surface area is 111 Å². The van der Waals surface area contributed by atoms with E-state index in [1.54, 1.807) is 0 Å². The lowest BCUT2D eigenvalue weighted by atomic mass is 9.74. The molecule has 0 spiro atoms. The van der Waals surface area contributed by atoms with Crippen molar-refractivity contribution in [2.45, 2.75) is 12.8 Å². The molecule has 2 N–H and O–H groups in total. The van der Waals surface area contributed by atoms with E-state index in [9.17, 15) is 9.18 Å². The predicted octanol–water partition coefficient (Wildman–Crippen LogP) is 1.77. The molecule has 0 atom stereocenters. The molecule has 104 valence electrons. The molecule has 0 amide bonds. The Kier molecular flexibility index (Phi) is 4.17. The number of hydrogen-bond acceptors (Lipinski definition) is 4. The number of halogens is 1. The fraction of sp³-hybridized carbons (Fsp3) is 0.500. The van der Waals surface area contributed by atoms with Crippen LogP contribution in [0.3, 0.4) is 0 Å². The largest absolute Gasteiger partial charge is 0.496 e. The van der Waals surface area contributed by atoms with Crippen molar-refractivity contribution in [1.82, 2.24) is 0 Å². The van der Waals surface area contributed by atoms with E-state index in [2.05, 4.69) is 0 Å². The molecule has 2 rings (SSSR count). The average molecular weight is 267 g/mol. The molecule has 0 radical (unpaired) electrons. The smallest absolute Gasteiger partial charge is 0.174 e. The van der Waals surface area contributed by atoms with E-state index in [1.807, 2.05) is 0 Å². The molecule has 4 nitrogen and oxygen atoms in total. The number of carbonyl (C=O) groups is 1. The molecule has 5 heteroatoms. The summed E-state index contributed by atoms with van der Waals surface area (Å²) in [6.45, 7) is 1.23. The summed E-state index contributed by atoms with van der Waals surface area (Å²) in [5, 5.41) is 0. The second kappa shape index (κ2) is 5.67. The number of Topliss-reactive ketones (excluding diaryl/α,β-unsaturated/α-hetero) is 1. The number of rotatable bonds is 4.